The number of fused-ring (bicyclic) bond motifs is 2. The minimum Gasteiger partial charge on any atom is -0.496 e. The summed E-state index contributed by atoms with van der Waals surface area (Å²) in [5, 5.41) is 0. The molecule has 164 valence electrons. The Hall–Kier alpha value is -3.80. The van der Waals surface area contributed by atoms with Crippen LogP contribution in [-0.2, 0) is 12.8 Å². The Labute approximate surface area is 186 Å². The quantitative estimate of drug-likeness (QED) is 0.434. The summed E-state index contributed by atoms with van der Waals surface area (Å²) in [4.78, 5) is 26.6. The molecule has 6 nitrogen and oxygen atoms in total. The van der Waals surface area contributed by atoms with Gasteiger partial charge < -0.3 is 18.9 Å². The zero-order valence-electron chi connectivity index (χ0n) is 18.5. The number of ether oxygens (including phenoxy) is 4. The molecule has 0 N–H and O–H groups in total. The van der Waals surface area contributed by atoms with Gasteiger partial charge in [0.25, 0.3) is 0 Å². The predicted octanol–water partition coefficient (Wildman–Crippen LogP) is 4.28. The van der Waals surface area contributed by atoms with Crippen molar-refractivity contribution < 1.29 is 28.5 Å². The van der Waals surface area contributed by atoms with Gasteiger partial charge in [0.05, 0.1) is 39.6 Å². The molecule has 0 saturated heterocycles. The van der Waals surface area contributed by atoms with Gasteiger partial charge in [-0.05, 0) is 48.2 Å². The molecule has 1 aliphatic carbocycles. The van der Waals surface area contributed by atoms with Crippen molar-refractivity contribution in [3.8, 4) is 23.0 Å². The topological polar surface area (TPSA) is 71.1 Å². The highest BCUT2D eigenvalue weighted by atomic mass is 16.5. The fraction of sp³-hybridized carbons (Fsp3) is 0.231. The van der Waals surface area contributed by atoms with Gasteiger partial charge in [-0.15, -0.1) is 0 Å². The standard InChI is InChI=1S/C26H24O6/c1-29-19-13-9-15(14-21(19)31-3)8-10-16-11-12-18-23(26(16)32-4)25(28)22-17(24(18)27)6-5-7-20(22)30-2/h5-7,9,11-14H,8,10H2,1-4H3. The molecule has 4 rings (SSSR count). The molecular formula is C26H24O6. The van der Waals surface area contributed by atoms with Crippen LogP contribution in [0.25, 0.3) is 0 Å². The second-order valence-corrected chi connectivity index (χ2v) is 7.41. The number of carbonyl (C=O) groups excluding carboxylic acids is 2. The lowest BCUT2D eigenvalue weighted by Crippen LogP contribution is -2.23. The van der Waals surface area contributed by atoms with Gasteiger partial charge in [0.2, 0.25) is 5.78 Å². The second kappa shape index (κ2) is 8.75. The highest BCUT2D eigenvalue weighted by Crippen LogP contribution is 2.39. The van der Waals surface area contributed by atoms with Crippen molar-refractivity contribution in [2.24, 2.45) is 0 Å². The lowest BCUT2D eigenvalue weighted by molar-refractivity contribution is 0.0973. The summed E-state index contributed by atoms with van der Waals surface area (Å²) in [6.45, 7) is 0. The number of ketones is 2. The number of hydrogen-bond acceptors (Lipinski definition) is 6. The first-order valence-corrected chi connectivity index (χ1v) is 10.2. The third-order valence-corrected chi connectivity index (χ3v) is 5.76. The summed E-state index contributed by atoms with van der Waals surface area (Å²) in [6, 6.07) is 14.4. The van der Waals surface area contributed by atoms with Crippen molar-refractivity contribution in [3.05, 3.63) is 81.9 Å². The van der Waals surface area contributed by atoms with E-state index < -0.39 is 0 Å². The second-order valence-electron chi connectivity index (χ2n) is 7.41. The number of aryl methyl sites for hydroxylation is 2. The summed E-state index contributed by atoms with van der Waals surface area (Å²) >= 11 is 0. The van der Waals surface area contributed by atoms with Crippen molar-refractivity contribution in [3.63, 3.8) is 0 Å². The largest absolute Gasteiger partial charge is 0.496 e. The van der Waals surface area contributed by atoms with Crippen molar-refractivity contribution in [1.29, 1.82) is 0 Å². The molecule has 0 fully saturated rings. The van der Waals surface area contributed by atoms with Crippen molar-refractivity contribution in [1.82, 2.24) is 0 Å². The number of carbonyl (C=O) groups is 2. The van der Waals surface area contributed by atoms with E-state index in [1.54, 1.807) is 38.5 Å². The highest BCUT2D eigenvalue weighted by Gasteiger charge is 2.35. The molecule has 0 radical (unpaired) electrons. The van der Waals surface area contributed by atoms with Gasteiger partial charge >= 0.3 is 0 Å². The van der Waals surface area contributed by atoms with Crippen molar-refractivity contribution >= 4 is 11.6 Å². The van der Waals surface area contributed by atoms with Gasteiger partial charge in [-0.2, -0.15) is 0 Å². The Balaban J connectivity index is 1.71. The van der Waals surface area contributed by atoms with Crippen LogP contribution in [0.3, 0.4) is 0 Å². The molecule has 0 heterocycles. The van der Waals surface area contributed by atoms with Gasteiger partial charge in [0.15, 0.2) is 17.3 Å². The first-order valence-electron chi connectivity index (χ1n) is 10.2. The van der Waals surface area contributed by atoms with E-state index in [0.717, 1.165) is 11.1 Å². The van der Waals surface area contributed by atoms with Crippen LogP contribution in [0.2, 0.25) is 0 Å². The lowest BCUT2D eigenvalue weighted by atomic mass is 9.81. The molecule has 0 amide bonds. The molecule has 3 aromatic rings. The first kappa shape index (κ1) is 21.4. The average molecular weight is 432 g/mol. The molecule has 0 aliphatic heterocycles. The van der Waals surface area contributed by atoms with Crippen LogP contribution >= 0.6 is 0 Å². The van der Waals surface area contributed by atoms with Crippen LogP contribution in [-0.4, -0.2) is 40.0 Å². The van der Waals surface area contributed by atoms with Gasteiger partial charge in [-0.3, -0.25) is 9.59 Å². The number of methoxy groups -OCH3 is 4. The van der Waals surface area contributed by atoms with Crippen molar-refractivity contribution in [2.75, 3.05) is 28.4 Å². The van der Waals surface area contributed by atoms with Gasteiger partial charge in [-0.1, -0.05) is 24.3 Å². The number of benzene rings is 3. The predicted molar refractivity (Wildman–Crippen MR) is 120 cm³/mol. The molecule has 1 aliphatic rings. The van der Waals surface area contributed by atoms with E-state index in [2.05, 4.69) is 0 Å². The molecule has 3 aromatic carbocycles. The van der Waals surface area contributed by atoms with Gasteiger partial charge in [0.1, 0.15) is 11.5 Å². The average Bonchev–Trinajstić information content (AvgIpc) is 2.84. The van der Waals surface area contributed by atoms with Crippen LogP contribution < -0.4 is 18.9 Å². The monoisotopic (exact) mass is 432 g/mol. The summed E-state index contributed by atoms with van der Waals surface area (Å²) in [5.41, 5.74) is 3.17. The van der Waals surface area contributed by atoms with E-state index in [4.69, 9.17) is 18.9 Å². The molecule has 0 spiro atoms. The SMILES string of the molecule is COc1ccc(CCc2ccc3c(c2OC)C(=O)c2c(OC)cccc2C3=O)cc1OC. The lowest BCUT2D eigenvalue weighted by Gasteiger charge is -2.23. The maximum atomic E-state index is 13.5. The van der Waals surface area contributed by atoms with E-state index in [9.17, 15) is 9.59 Å². The Morgan fingerprint density at radius 1 is 0.625 bits per heavy atom. The number of rotatable bonds is 7. The van der Waals surface area contributed by atoms with Crippen LogP contribution in [0.15, 0.2) is 48.5 Å². The van der Waals surface area contributed by atoms with Crippen LogP contribution in [0.5, 0.6) is 23.0 Å². The minimum atomic E-state index is -0.267. The third-order valence-electron chi connectivity index (χ3n) is 5.76. The molecule has 32 heavy (non-hydrogen) atoms. The molecule has 6 heteroatoms. The smallest absolute Gasteiger partial charge is 0.201 e. The molecule has 0 unspecified atom stereocenters. The van der Waals surface area contributed by atoms with E-state index >= 15 is 0 Å². The van der Waals surface area contributed by atoms with E-state index in [1.165, 1.54) is 14.2 Å². The Kier molecular flexibility index (Phi) is 5.86. The molecular weight excluding hydrogens is 408 g/mol. The maximum absolute atomic E-state index is 13.5. The molecule has 0 aromatic heterocycles. The van der Waals surface area contributed by atoms with E-state index in [1.807, 2.05) is 24.3 Å². The summed E-state index contributed by atoms with van der Waals surface area (Å²) in [7, 11) is 6.20. The third kappa shape index (κ3) is 3.47. The summed E-state index contributed by atoms with van der Waals surface area (Å²) in [5.74, 6) is 1.66. The molecule has 0 atom stereocenters. The number of hydrogen-bond donors (Lipinski definition) is 0. The maximum Gasteiger partial charge on any atom is 0.201 e. The Morgan fingerprint density at radius 2 is 1.34 bits per heavy atom. The van der Waals surface area contributed by atoms with Gasteiger partial charge in [0, 0.05) is 11.1 Å². The van der Waals surface area contributed by atoms with Crippen LogP contribution in [0.1, 0.15) is 43.0 Å². The minimum absolute atomic E-state index is 0.210. The summed E-state index contributed by atoms with van der Waals surface area (Å²) < 4.78 is 21.7. The summed E-state index contributed by atoms with van der Waals surface area (Å²) in [6.07, 6.45) is 1.31. The van der Waals surface area contributed by atoms with Crippen LogP contribution in [0.4, 0.5) is 0 Å². The fourth-order valence-electron chi connectivity index (χ4n) is 4.18. The normalized spacial score (nSPS) is 12.1. The van der Waals surface area contributed by atoms with Crippen molar-refractivity contribution in [2.45, 2.75) is 12.8 Å². The van der Waals surface area contributed by atoms with Gasteiger partial charge in [-0.25, -0.2) is 0 Å². The molecule has 0 saturated carbocycles. The highest BCUT2D eigenvalue weighted by molar-refractivity contribution is 6.30. The first-order chi connectivity index (χ1) is 15.5. The zero-order valence-corrected chi connectivity index (χ0v) is 18.5. The Bertz CT molecular complexity index is 1210. The zero-order chi connectivity index (χ0) is 22.8. The fourth-order valence-corrected chi connectivity index (χ4v) is 4.18. The van der Waals surface area contributed by atoms with E-state index in [-0.39, 0.29) is 17.1 Å². The van der Waals surface area contributed by atoms with Crippen LogP contribution in [0, 0.1) is 0 Å². The Morgan fingerprint density at radius 3 is 2.03 bits per heavy atom. The molecule has 0 bridgehead atoms. The van der Waals surface area contributed by atoms with E-state index in [0.29, 0.717) is 52.5 Å².